The minimum Gasteiger partial charge on any atom is -0.383 e. The highest BCUT2D eigenvalue weighted by Crippen LogP contribution is 2.16. The molecule has 24 heavy (non-hydrogen) atoms. The fraction of sp³-hybridized carbons (Fsp3) is 0.611. The van der Waals surface area contributed by atoms with Gasteiger partial charge in [-0.3, -0.25) is 9.89 Å². The number of aliphatic imine (C=N–C) groups is 1. The van der Waals surface area contributed by atoms with Crippen LogP contribution in [0.2, 0.25) is 0 Å². The van der Waals surface area contributed by atoms with Crippen molar-refractivity contribution in [1.82, 2.24) is 15.1 Å². The van der Waals surface area contributed by atoms with Crippen molar-refractivity contribution in [3.8, 4) is 0 Å². The lowest BCUT2D eigenvalue weighted by Gasteiger charge is -2.27. The number of hydrogen-bond acceptors (Lipinski definition) is 3. The van der Waals surface area contributed by atoms with Gasteiger partial charge in [0, 0.05) is 46.9 Å². The van der Waals surface area contributed by atoms with Crippen LogP contribution in [0.3, 0.4) is 0 Å². The van der Waals surface area contributed by atoms with Crippen LogP contribution in [0.5, 0.6) is 0 Å². The standard InChI is InChI=1S/C18H29FN4O/c1-20-18(22(2)14-15-6-4-7-16(19)12-15)21-13-17-8-5-9-23(17)10-11-24-3/h4,6-7,12,17H,5,8-11,13-14H2,1-3H3,(H,20,21). The Kier molecular flexibility index (Phi) is 7.46. The Balaban J connectivity index is 1.85. The van der Waals surface area contributed by atoms with Crippen LogP contribution < -0.4 is 5.32 Å². The van der Waals surface area contributed by atoms with E-state index in [1.807, 2.05) is 18.0 Å². The van der Waals surface area contributed by atoms with Crippen molar-refractivity contribution < 1.29 is 9.13 Å². The smallest absolute Gasteiger partial charge is 0.193 e. The van der Waals surface area contributed by atoms with Gasteiger partial charge in [0.25, 0.3) is 0 Å². The predicted octanol–water partition coefficient (Wildman–Crippen LogP) is 1.94. The second-order valence-electron chi connectivity index (χ2n) is 6.24. The van der Waals surface area contributed by atoms with E-state index in [0.717, 1.165) is 37.8 Å². The first-order valence-corrected chi connectivity index (χ1v) is 8.53. The summed E-state index contributed by atoms with van der Waals surface area (Å²) in [6, 6.07) is 7.20. The molecule has 1 aromatic carbocycles. The number of nitrogens with zero attached hydrogens (tertiary/aromatic N) is 3. The fourth-order valence-corrected chi connectivity index (χ4v) is 3.21. The third-order valence-electron chi connectivity index (χ3n) is 4.46. The van der Waals surface area contributed by atoms with E-state index in [4.69, 9.17) is 4.74 Å². The average Bonchev–Trinajstić information content (AvgIpc) is 3.01. The highest BCUT2D eigenvalue weighted by molar-refractivity contribution is 5.79. The van der Waals surface area contributed by atoms with Crippen molar-refractivity contribution in [3.63, 3.8) is 0 Å². The summed E-state index contributed by atoms with van der Waals surface area (Å²) in [6.45, 7) is 4.36. The van der Waals surface area contributed by atoms with Gasteiger partial charge in [0.15, 0.2) is 5.96 Å². The number of likely N-dealkylation sites (tertiary alicyclic amines) is 1. The van der Waals surface area contributed by atoms with Gasteiger partial charge in [-0.25, -0.2) is 4.39 Å². The first-order valence-electron chi connectivity index (χ1n) is 8.53. The molecule has 5 nitrogen and oxygen atoms in total. The maximum Gasteiger partial charge on any atom is 0.193 e. The largest absolute Gasteiger partial charge is 0.383 e. The summed E-state index contributed by atoms with van der Waals surface area (Å²) in [4.78, 5) is 8.83. The molecule has 1 saturated heterocycles. The Morgan fingerprint density at radius 1 is 1.50 bits per heavy atom. The number of ether oxygens (including phenoxy) is 1. The predicted molar refractivity (Wildman–Crippen MR) is 95.7 cm³/mol. The maximum atomic E-state index is 13.3. The zero-order chi connectivity index (χ0) is 17.4. The molecule has 2 rings (SSSR count). The normalized spacial score (nSPS) is 18.8. The second kappa shape index (κ2) is 9.59. The zero-order valence-electron chi connectivity index (χ0n) is 15.0. The van der Waals surface area contributed by atoms with Crippen molar-refractivity contribution in [2.75, 3.05) is 47.4 Å². The average molecular weight is 336 g/mol. The Morgan fingerprint density at radius 3 is 3.04 bits per heavy atom. The molecular weight excluding hydrogens is 307 g/mol. The Labute approximate surface area is 144 Å². The summed E-state index contributed by atoms with van der Waals surface area (Å²) in [5, 5.41) is 3.45. The summed E-state index contributed by atoms with van der Waals surface area (Å²) < 4.78 is 18.5. The third-order valence-corrected chi connectivity index (χ3v) is 4.46. The van der Waals surface area contributed by atoms with Gasteiger partial charge in [0.2, 0.25) is 0 Å². The van der Waals surface area contributed by atoms with E-state index in [2.05, 4.69) is 15.2 Å². The van der Waals surface area contributed by atoms with Gasteiger partial charge in [0.1, 0.15) is 5.82 Å². The topological polar surface area (TPSA) is 40.1 Å². The summed E-state index contributed by atoms with van der Waals surface area (Å²) in [5.74, 6) is 0.626. The van der Waals surface area contributed by atoms with Crippen LogP contribution >= 0.6 is 0 Å². The highest BCUT2D eigenvalue weighted by Gasteiger charge is 2.24. The number of methoxy groups -OCH3 is 1. The number of halogens is 1. The molecule has 0 saturated carbocycles. The van der Waals surface area contributed by atoms with Gasteiger partial charge < -0.3 is 15.0 Å². The molecule has 0 aliphatic carbocycles. The lowest BCUT2D eigenvalue weighted by molar-refractivity contribution is 0.141. The lowest BCUT2D eigenvalue weighted by atomic mass is 10.2. The van der Waals surface area contributed by atoms with Gasteiger partial charge in [0.05, 0.1) is 6.61 Å². The molecule has 1 fully saturated rings. The number of guanidine groups is 1. The van der Waals surface area contributed by atoms with Crippen LogP contribution in [0.1, 0.15) is 18.4 Å². The van der Waals surface area contributed by atoms with Gasteiger partial charge in [-0.2, -0.15) is 0 Å². The monoisotopic (exact) mass is 336 g/mol. The van der Waals surface area contributed by atoms with E-state index in [1.54, 1.807) is 26.3 Å². The number of nitrogens with one attached hydrogen (secondary N) is 1. The minimum absolute atomic E-state index is 0.205. The van der Waals surface area contributed by atoms with Gasteiger partial charge >= 0.3 is 0 Å². The molecule has 1 aromatic rings. The molecule has 0 radical (unpaired) electrons. The Bertz CT molecular complexity index is 538. The molecule has 1 atom stereocenters. The van der Waals surface area contributed by atoms with Crippen molar-refractivity contribution in [2.24, 2.45) is 4.99 Å². The molecule has 1 N–H and O–H groups in total. The fourth-order valence-electron chi connectivity index (χ4n) is 3.21. The van der Waals surface area contributed by atoms with Crippen molar-refractivity contribution in [2.45, 2.75) is 25.4 Å². The van der Waals surface area contributed by atoms with Crippen molar-refractivity contribution in [3.05, 3.63) is 35.6 Å². The van der Waals surface area contributed by atoms with E-state index >= 15 is 0 Å². The molecule has 134 valence electrons. The van der Waals surface area contributed by atoms with E-state index in [-0.39, 0.29) is 5.82 Å². The van der Waals surface area contributed by atoms with Crippen molar-refractivity contribution in [1.29, 1.82) is 0 Å². The molecule has 6 heteroatoms. The lowest BCUT2D eigenvalue weighted by Crippen LogP contribution is -2.45. The first-order chi connectivity index (χ1) is 11.6. The van der Waals surface area contributed by atoms with E-state index in [1.165, 1.54) is 18.9 Å². The van der Waals surface area contributed by atoms with Crippen LogP contribution in [-0.4, -0.2) is 69.2 Å². The number of benzene rings is 1. The molecular formula is C18H29FN4O. The Hall–Kier alpha value is -1.66. The van der Waals surface area contributed by atoms with Gasteiger partial charge in [-0.15, -0.1) is 0 Å². The van der Waals surface area contributed by atoms with Crippen LogP contribution in [0.4, 0.5) is 4.39 Å². The summed E-state index contributed by atoms with van der Waals surface area (Å²) in [5.41, 5.74) is 0.933. The first kappa shape index (κ1) is 18.7. The van der Waals surface area contributed by atoms with Crippen LogP contribution in [0, 0.1) is 5.82 Å². The SMILES string of the molecule is CN=C(NCC1CCCN1CCOC)N(C)Cc1cccc(F)c1. The number of rotatable bonds is 7. The molecule has 1 aliphatic rings. The van der Waals surface area contributed by atoms with E-state index < -0.39 is 0 Å². The van der Waals surface area contributed by atoms with Crippen LogP contribution in [0.15, 0.2) is 29.3 Å². The van der Waals surface area contributed by atoms with E-state index in [0.29, 0.717) is 12.6 Å². The molecule has 0 bridgehead atoms. The maximum absolute atomic E-state index is 13.3. The molecule has 0 amide bonds. The quantitative estimate of drug-likeness (QED) is 0.610. The van der Waals surface area contributed by atoms with Crippen molar-refractivity contribution >= 4 is 5.96 Å². The van der Waals surface area contributed by atoms with Gasteiger partial charge in [-0.1, -0.05) is 12.1 Å². The van der Waals surface area contributed by atoms with Gasteiger partial charge in [-0.05, 0) is 37.1 Å². The zero-order valence-corrected chi connectivity index (χ0v) is 15.0. The molecule has 1 aliphatic heterocycles. The summed E-state index contributed by atoms with van der Waals surface area (Å²) in [6.07, 6.45) is 2.43. The Morgan fingerprint density at radius 2 is 2.33 bits per heavy atom. The summed E-state index contributed by atoms with van der Waals surface area (Å²) >= 11 is 0. The van der Waals surface area contributed by atoms with Crippen LogP contribution in [0.25, 0.3) is 0 Å². The van der Waals surface area contributed by atoms with Crippen LogP contribution in [-0.2, 0) is 11.3 Å². The third kappa shape index (κ3) is 5.46. The minimum atomic E-state index is -0.205. The van der Waals surface area contributed by atoms with E-state index in [9.17, 15) is 4.39 Å². The number of hydrogen-bond donors (Lipinski definition) is 1. The molecule has 0 spiro atoms. The second-order valence-corrected chi connectivity index (χ2v) is 6.24. The summed E-state index contributed by atoms with van der Waals surface area (Å²) in [7, 11) is 5.49. The molecule has 1 heterocycles. The highest BCUT2D eigenvalue weighted by atomic mass is 19.1. The molecule has 0 aromatic heterocycles. The molecule has 1 unspecified atom stereocenters.